The summed E-state index contributed by atoms with van der Waals surface area (Å²) in [6.07, 6.45) is 4.03. The molecule has 0 bridgehead atoms. The van der Waals surface area contributed by atoms with Gasteiger partial charge < -0.3 is 10.4 Å². The first-order chi connectivity index (χ1) is 7.77. The summed E-state index contributed by atoms with van der Waals surface area (Å²) in [5.41, 5.74) is 1.23. The average Bonchev–Trinajstić information content (AvgIpc) is 2.75. The van der Waals surface area contributed by atoms with Gasteiger partial charge in [0, 0.05) is 25.9 Å². The lowest BCUT2D eigenvalue weighted by Crippen LogP contribution is -2.18. The van der Waals surface area contributed by atoms with Gasteiger partial charge in [0.05, 0.1) is 5.69 Å². The highest BCUT2D eigenvalue weighted by Crippen LogP contribution is 2.03. The molecule has 0 amide bonds. The van der Waals surface area contributed by atoms with Gasteiger partial charge in [-0.3, -0.25) is 4.68 Å². The van der Waals surface area contributed by atoms with E-state index in [2.05, 4.69) is 24.3 Å². The molecule has 2 N–H and O–H groups in total. The second kappa shape index (κ2) is 7.41. The maximum atomic E-state index is 8.88. The van der Waals surface area contributed by atoms with Gasteiger partial charge in [0.2, 0.25) is 0 Å². The quantitative estimate of drug-likeness (QED) is 0.658. The van der Waals surface area contributed by atoms with E-state index in [9.17, 15) is 0 Å². The van der Waals surface area contributed by atoms with E-state index in [1.807, 2.05) is 16.9 Å². The second-order valence-corrected chi connectivity index (χ2v) is 4.25. The van der Waals surface area contributed by atoms with Gasteiger partial charge in [0.1, 0.15) is 0 Å². The number of nitrogens with one attached hydrogen (secondary N) is 1. The Morgan fingerprint density at radius 3 is 3.06 bits per heavy atom. The van der Waals surface area contributed by atoms with Crippen LogP contribution in [0.4, 0.5) is 0 Å². The van der Waals surface area contributed by atoms with Crippen molar-refractivity contribution in [3.8, 4) is 0 Å². The van der Waals surface area contributed by atoms with Crippen molar-refractivity contribution < 1.29 is 5.11 Å². The highest BCUT2D eigenvalue weighted by molar-refractivity contribution is 4.99. The number of aliphatic hydroxyl groups is 1. The summed E-state index contributed by atoms with van der Waals surface area (Å²) in [6.45, 7) is 7.26. The monoisotopic (exact) mass is 225 g/mol. The van der Waals surface area contributed by atoms with Crippen LogP contribution in [0.25, 0.3) is 0 Å². The fourth-order valence-electron chi connectivity index (χ4n) is 1.68. The van der Waals surface area contributed by atoms with Crippen molar-refractivity contribution >= 4 is 0 Å². The topological polar surface area (TPSA) is 50.1 Å². The highest BCUT2D eigenvalue weighted by atomic mass is 16.3. The Kier molecular flexibility index (Phi) is 6.11. The minimum atomic E-state index is 0.294. The summed E-state index contributed by atoms with van der Waals surface area (Å²) >= 11 is 0. The molecule has 0 saturated carbocycles. The summed E-state index contributed by atoms with van der Waals surface area (Å²) in [5.74, 6) is 0.419. The van der Waals surface area contributed by atoms with Crippen LogP contribution in [0.2, 0.25) is 0 Å². The van der Waals surface area contributed by atoms with Crippen molar-refractivity contribution in [1.82, 2.24) is 15.1 Å². The van der Waals surface area contributed by atoms with Gasteiger partial charge in [-0.05, 0) is 38.3 Å². The minimum absolute atomic E-state index is 0.294. The molecular formula is C12H23N3O. The summed E-state index contributed by atoms with van der Waals surface area (Å²) in [7, 11) is 0. The molecule has 1 aromatic heterocycles. The first kappa shape index (κ1) is 13.2. The Labute approximate surface area is 97.7 Å². The molecule has 0 fully saturated rings. The molecule has 0 radical (unpaired) electrons. The van der Waals surface area contributed by atoms with Gasteiger partial charge in [-0.1, -0.05) is 6.92 Å². The number of hydrogen-bond donors (Lipinski definition) is 2. The van der Waals surface area contributed by atoms with E-state index < -0.39 is 0 Å². The number of nitrogens with zero attached hydrogens (tertiary/aromatic N) is 2. The van der Waals surface area contributed by atoms with Crippen LogP contribution < -0.4 is 5.32 Å². The predicted octanol–water partition coefficient (Wildman–Crippen LogP) is 1.40. The molecule has 4 heteroatoms. The summed E-state index contributed by atoms with van der Waals surface area (Å²) < 4.78 is 2.00. The molecule has 4 nitrogen and oxygen atoms in total. The molecule has 92 valence electrons. The first-order valence-corrected chi connectivity index (χ1v) is 6.10. The lowest BCUT2D eigenvalue weighted by atomic mass is 10.1. The molecule has 0 spiro atoms. The van der Waals surface area contributed by atoms with E-state index in [-0.39, 0.29) is 0 Å². The van der Waals surface area contributed by atoms with Gasteiger partial charge in [0.25, 0.3) is 0 Å². The summed E-state index contributed by atoms with van der Waals surface area (Å²) in [4.78, 5) is 0. The van der Waals surface area contributed by atoms with Crippen LogP contribution in [-0.2, 0) is 13.1 Å². The molecule has 1 rings (SSSR count). The van der Waals surface area contributed by atoms with Crippen LogP contribution in [-0.4, -0.2) is 28.0 Å². The third-order valence-corrected chi connectivity index (χ3v) is 2.77. The van der Waals surface area contributed by atoms with Gasteiger partial charge in [-0.25, -0.2) is 0 Å². The maximum absolute atomic E-state index is 8.88. The van der Waals surface area contributed by atoms with E-state index in [4.69, 9.17) is 5.11 Å². The molecule has 0 saturated heterocycles. The van der Waals surface area contributed by atoms with E-state index in [1.165, 1.54) is 5.69 Å². The van der Waals surface area contributed by atoms with Gasteiger partial charge in [-0.15, -0.1) is 0 Å². The fraction of sp³-hybridized carbons (Fsp3) is 0.750. The molecule has 0 aliphatic carbocycles. The van der Waals surface area contributed by atoms with Crippen LogP contribution in [0.15, 0.2) is 12.3 Å². The number of aryl methyl sites for hydroxylation is 1. The van der Waals surface area contributed by atoms with Crippen LogP contribution in [0.5, 0.6) is 0 Å². The van der Waals surface area contributed by atoms with E-state index in [0.29, 0.717) is 12.5 Å². The zero-order valence-corrected chi connectivity index (χ0v) is 10.3. The van der Waals surface area contributed by atoms with Crippen molar-refractivity contribution in [3.63, 3.8) is 0 Å². The number of aromatic nitrogens is 2. The molecule has 0 aromatic carbocycles. The minimum Gasteiger partial charge on any atom is -0.396 e. The Morgan fingerprint density at radius 2 is 2.38 bits per heavy atom. The van der Waals surface area contributed by atoms with Gasteiger partial charge in [0.15, 0.2) is 0 Å². The third-order valence-electron chi connectivity index (χ3n) is 2.77. The van der Waals surface area contributed by atoms with Crippen molar-refractivity contribution in [1.29, 1.82) is 0 Å². The van der Waals surface area contributed by atoms with E-state index in [0.717, 1.165) is 32.5 Å². The Hall–Kier alpha value is -0.870. The van der Waals surface area contributed by atoms with Crippen LogP contribution >= 0.6 is 0 Å². The summed E-state index contributed by atoms with van der Waals surface area (Å²) in [5, 5.41) is 16.5. The Bertz CT molecular complexity index is 286. The maximum Gasteiger partial charge on any atom is 0.0521 e. The smallest absolute Gasteiger partial charge is 0.0521 e. The summed E-state index contributed by atoms with van der Waals surface area (Å²) in [6, 6.07) is 2.05. The van der Waals surface area contributed by atoms with Crippen molar-refractivity contribution in [2.24, 2.45) is 5.92 Å². The average molecular weight is 225 g/mol. The number of aliphatic hydroxyl groups excluding tert-OH is 1. The van der Waals surface area contributed by atoms with Gasteiger partial charge >= 0.3 is 0 Å². The lowest BCUT2D eigenvalue weighted by molar-refractivity contribution is 0.228. The van der Waals surface area contributed by atoms with Gasteiger partial charge in [-0.2, -0.15) is 5.10 Å². The highest BCUT2D eigenvalue weighted by Gasteiger charge is 2.01. The normalized spacial score (nSPS) is 12.9. The Balaban J connectivity index is 2.11. The van der Waals surface area contributed by atoms with Crippen molar-refractivity contribution in [2.75, 3.05) is 13.2 Å². The Morgan fingerprint density at radius 1 is 1.56 bits per heavy atom. The largest absolute Gasteiger partial charge is 0.396 e. The third kappa shape index (κ3) is 4.33. The van der Waals surface area contributed by atoms with E-state index in [1.54, 1.807) is 0 Å². The van der Waals surface area contributed by atoms with Crippen molar-refractivity contribution in [3.05, 3.63) is 18.0 Å². The molecule has 1 aromatic rings. The second-order valence-electron chi connectivity index (χ2n) is 4.25. The molecule has 1 heterocycles. The lowest BCUT2D eigenvalue weighted by Gasteiger charge is -2.09. The molecule has 0 aliphatic heterocycles. The molecule has 0 aliphatic rings. The predicted molar refractivity (Wildman–Crippen MR) is 65.1 cm³/mol. The van der Waals surface area contributed by atoms with Crippen LogP contribution in [0, 0.1) is 5.92 Å². The van der Waals surface area contributed by atoms with E-state index >= 15 is 0 Å². The standard InChI is InChI=1S/C12H23N3O/c1-3-15-12(6-8-14-15)9-13-7-4-5-11(2)10-16/h6,8,11,13,16H,3-5,7,9-10H2,1-2H3. The van der Waals surface area contributed by atoms with Crippen LogP contribution in [0.3, 0.4) is 0 Å². The zero-order chi connectivity index (χ0) is 11.8. The van der Waals surface area contributed by atoms with Crippen molar-refractivity contribution in [2.45, 2.75) is 39.8 Å². The zero-order valence-electron chi connectivity index (χ0n) is 10.3. The molecular weight excluding hydrogens is 202 g/mol. The number of rotatable bonds is 8. The number of hydrogen-bond acceptors (Lipinski definition) is 3. The SMILES string of the molecule is CCn1nccc1CNCCCC(C)CO. The van der Waals surface area contributed by atoms with Crippen LogP contribution in [0.1, 0.15) is 32.4 Å². The fourth-order valence-corrected chi connectivity index (χ4v) is 1.68. The first-order valence-electron chi connectivity index (χ1n) is 6.10. The molecule has 1 unspecified atom stereocenters. The molecule has 1 atom stereocenters. The molecule has 16 heavy (non-hydrogen) atoms.